The van der Waals surface area contributed by atoms with Gasteiger partial charge in [-0.2, -0.15) is 0 Å². The molecule has 8 nitrogen and oxygen atoms in total. The summed E-state index contributed by atoms with van der Waals surface area (Å²) >= 11 is 0. The van der Waals surface area contributed by atoms with Crippen molar-refractivity contribution in [1.29, 1.82) is 0 Å². The molecule has 0 fully saturated rings. The molecule has 1 N–H and O–H groups in total. The monoisotopic (exact) mass is 418 g/mol. The van der Waals surface area contributed by atoms with E-state index in [9.17, 15) is 13.2 Å². The predicted octanol–water partition coefficient (Wildman–Crippen LogP) is 1.48. The Bertz CT molecular complexity index is 1040. The number of carbonyl (C=O) groups excluding carboxylic acids is 1. The second kappa shape index (κ2) is 7.47. The van der Waals surface area contributed by atoms with Gasteiger partial charge in [0.2, 0.25) is 10.0 Å². The van der Waals surface area contributed by atoms with Gasteiger partial charge in [0.05, 0.1) is 25.0 Å². The number of sulfonamides is 1. The summed E-state index contributed by atoms with van der Waals surface area (Å²) in [6.45, 7) is 2.30. The molecular formula is C20H22N2O6S. The first-order valence-electron chi connectivity index (χ1n) is 9.22. The summed E-state index contributed by atoms with van der Waals surface area (Å²) in [5, 5.41) is 2.78. The van der Waals surface area contributed by atoms with Gasteiger partial charge in [0, 0.05) is 0 Å². The average molecular weight is 418 g/mol. The van der Waals surface area contributed by atoms with E-state index >= 15 is 0 Å². The maximum absolute atomic E-state index is 12.7. The highest BCUT2D eigenvalue weighted by molar-refractivity contribution is 7.92. The van der Waals surface area contributed by atoms with Gasteiger partial charge in [-0.3, -0.25) is 9.10 Å². The molecule has 0 saturated carbocycles. The fourth-order valence-corrected chi connectivity index (χ4v) is 4.22. The summed E-state index contributed by atoms with van der Waals surface area (Å²) < 4.78 is 42.9. The minimum atomic E-state index is -3.56. The molecule has 2 aliphatic heterocycles. The van der Waals surface area contributed by atoms with E-state index < -0.39 is 22.0 Å². The van der Waals surface area contributed by atoms with E-state index in [1.54, 1.807) is 24.3 Å². The van der Waals surface area contributed by atoms with Crippen molar-refractivity contribution in [3.05, 3.63) is 48.0 Å². The van der Waals surface area contributed by atoms with Gasteiger partial charge in [-0.25, -0.2) is 8.42 Å². The van der Waals surface area contributed by atoms with Crippen LogP contribution in [-0.2, 0) is 14.8 Å². The van der Waals surface area contributed by atoms with Crippen LogP contribution >= 0.6 is 0 Å². The normalized spacial score (nSPS) is 20.4. The molecule has 2 aromatic rings. The van der Waals surface area contributed by atoms with Gasteiger partial charge in [0.1, 0.15) is 18.5 Å². The third kappa shape index (κ3) is 4.09. The first-order valence-corrected chi connectivity index (χ1v) is 11.1. The number of rotatable bonds is 4. The lowest BCUT2D eigenvalue weighted by molar-refractivity contribution is -0.128. The minimum absolute atomic E-state index is 0.0917. The van der Waals surface area contributed by atoms with Gasteiger partial charge in [0.15, 0.2) is 17.6 Å². The summed E-state index contributed by atoms with van der Waals surface area (Å²) in [5.41, 5.74) is 1.34. The van der Waals surface area contributed by atoms with Crippen molar-refractivity contribution in [2.24, 2.45) is 0 Å². The van der Waals surface area contributed by atoms with Crippen LogP contribution in [0.15, 0.2) is 42.5 Å². The number of ether oxygens (including phenoxy) is 3. The molecule has 0 bridgehead atoms. The highest BCUT2D eigenvalue weighted by Crippen LogP contribution is 2.36. The van der Waals surface area contributed by atoms with Gasteiger partial charge in [-0.05, 0) is 36.8 Å². The smallest absolute Gasteiger partial charge is 0.263 e. The number of nitrogens with one attached hydrogen (secondary N) is 1. The molecule has 2 unspecified atom stereocenters. The highest BCUT2D eigenvalue weighted by Gasteiger charge is 2.35. The van der Waals surface area contributed by atoms with E-state index in [4.69, 9.17) is 14.2 Å². The van der Waals surface area contributed by atoms with Gasteiger partial charge in [0.25, 0.3) is 5.91 Å². The lowest BCUT2D eigenvalue weighted by Crippen LogP contribution is -2.52. The Balaban J connectivity index is 1.44. The van der Waals surface area contributed by atoms with Crippen LogP contribution in [0.2, 0.25) is 0 Å². The molecule has 4 rings (SSSR count). The number of hydrogen-bond acceptors (Lipinski definition) is 6. The van der Waals surface area contributed by atoms with Gasteiger partial charge in [-0.15, -0.1) is 0 Å². The minimum Gasteiger partial charge on any atom is -0.486 e. The van der Waals surface area contributed by atoms with E-state index in [1.807, 2.05) is 25.1 Å². The Kier molecular flexibility index (Phi) is 4.99. The molecule has 0 aromatic heterocycles. The molecule has 2 atom stereocenters. The number of hydrogen-bond donors (Lipinski definition) is 1. The number of carbonyl (C=O) groups is 1. The van der Waals surface area contributed by atoms with Crippen molar-refractivity contribution in [3.63, 3.8) is 0 Å². The first kappa shape index (κ1) is 19.4. The molecule has 0 aliphatic carbocycles. The van der Waals surface area contributed by atoms with Crippen molar-refractivity contribution >= 4 is 21.6 Å². The van der Waals surface area contributed by atoms with E-state index in [0.717, 1.165) is 11.8 Å². The van der Waals surface area contributed by atoms with Crippen molar-refractivity contribution in [1.82, 2.24) is 5.32 Å². The summed E-state index contributed by atoms with van der Waals surface area (Å²) in [5.74, 6) is 1.25. The molecule has 9 heteroatoms. The van der Waals surface area contributed by atoms with E-state index in [1.165, 1.54) is 4.31 Å². The zero-order chi connectivity index (χ0) is 20.6. The fraction of sp³-hybridized carbons (Fsp3) is 0.350. The Morgan fingerprint density at radius 1 is 1.14 bits per heavy atom. The number of nitrogens with zero attached hydrogens (tertiary/aromatic N) is 1. The molecule has 0 saturated heterocycles. The van der Waals surface area contributed by atoms with Gasteiger partial charge in [-0.1, -0.05) is 18.2 Å². The maximum atomic E-state index is 12.7. The van der Waals surface area contributed by atoms with E-state index in [0.29, 0.717) is 29.5 Å². The Morgan fingerprint density at radius 3 is 2.66 bits per heavy atom. The first-order chi connectivity index (χ1) is 13.8. The van der Waals surface area contributed by atoms with Crippen molar-refractivity contribution in [2.45, 2.75) is 19.1 Å². The van der Waals surface area contributed by atoms with Crippen LogP contribution in [-0.4, -0.2) is 52.5 Å². The van der Waals surface area contributed by atoms with E-state index in [-0.39, 0.29) is 19.2 Å². The number of fused-ring (bicyclic) bond motifs is 2. The molecule has 154 valence electrons. The summed E-state index contributed by atoms with van der Waals surface area (Å²) in [6, 6.07) is 12.5. The third-order valence-electron chi connectivity index (χ3n) is 4.75. The average Bonchev–Trinajstić information content (AvgIpc) is 2.70. The molecule has 0 spiro atoms. The zero-order valence-electron chi connectivity index (χ0n) is 16.1. The van der Waals surface area contributed by atoms with Crippen LogP contribution < -0.4 is 23.8 Å². The van der Waals surface area contributed by atoms with Crippen LogP contribution in [0.1, 0.15) is 5.56 Å². The second-order valence-corrected chi connectivity index (χ2v) is 9.02. The standard InChI is InChI=1S/C20H22N2O6S/c1-13-7-8-15-18(9-13)28-19(11-22(15)29(2,24)25)20(23)21-10-14-12-26-16-5-3-4-6-17(16)27-14/h3-9,14,19H,10-12H2,1-2H3,(H,21,23). The zero-order valence-corrected chi connectivity index (χ0v) is 16.9. The van der Waals surface area contributed by atoms with Crippen molar-refractivity contribution in [2.75, 3.05) is 30.3 Å². The number of para-hydroxylation sites is 2. The SMILES string of the molecule is Cc1ccc2c(c1)OC(C(=O)NCC1COc3ccccc3O1)CN2S(C)(=O)=O. The van der Waals surface area contributed by atoms with Crippen molar-refractivity contribution in [3.8, 4) is 17.2 Å². The molecule has 2 aromatic carbocycles. The summed E-state index contributed by atoms with van der Waals surface area (Å²) in [4.78, 5) is 12.7. The third-order valence-corrected chi connectivity index (χ3v) is 5.90. The molecule has 0 radical (unpaired) electrons. The number of amides is 1. The molecule has 29 heavy (non-hydrogen) atoms. The van der Waals surface area contributed by atoms with Crippen LogP contribution in [0.25, 0.3) is 0 Å². The quantitative estimate of drug-likeness (QED) is 0.808. The number of aryl methyl sites for hydroxylation is 1. The second-order valence-electron chi connectivity index (χ2n) is 7.11. The lowest BCUT2D eigenvalue weighted by Gasteiger charge is -2.34. The topological polar surface area (TPSA) is 94.2 Å². The maximum Gasteiger partial charge on any atom is 0.263 e. The number of benzene rings is 2. The van der Waals surface area contributed by atoms with E-state index in [2.05, 4.69) is 5.32 Å². The molecular weight excluding hydrogens is 396 g/mol. The molecule has 2 aliphatic rings. The largest absolute Gasteiger partial charge is 0.486 e. The van der Waals surface area contributed by atoms with Gasteiger partial charge >= 0.3 is 0 Å². The summed E-state index contributed by atoms with van der Waals surface area (Å²) in [6.07, 6.45) is -0.199. The number of anilines is 1. The van der Waals surface area contributed by atoms with Crippen LogP contribution in [0.5, 0.6) is 17.2 Å². The van der Waals surface area contributed by atoms with Gasteiger partial charge < -0.3 is 19.5 Å². The fourth-order valence-electron chi connectivity index (χ4n) is 3.30. The Hall–Kier alpha value is -2.94. The lowest BCUT2D eigenvalue weighted by atomic mass is 10.1. The summed E-state index contributed by atoms with van der Waals surface area (Å²) in [7, 11) is -3.56. The molecule has 1 amide bonds. The Labute approximate surface area is 169 Å². The predicted molar refractivity (Wildman–Crippen MR) is 107 cm³/mol. The highest BCUT2D eigenvalue weighted by atomic mass is 32.2. The van der Waals surface area contributed by atoms with Crippen LogP contribution in [0.3, 0.4) is 0 Å². The van der Waals surface area contributed by atoms with Crippen LogP contribution in [0.4, 0.5) is 5.69 Å². The Morgan fingerprint density at radius 2 is 1.90 bits per heavy atom. The van der Waals surface area contributed by atoms with Crippen LogP contribution in [0, 0.1) is 6.92 Å². The van der Waals surface area contributed by atoms with Crippen molar-refractivity contribution < 1.29 is 27.4 Å². The molecule has 2 heterocycles.